The molecule has 1 unspecified atom stereocenters. The minimum atomic E-state index is 0.532. The molecule has 0 radical (unpaired) electrons. The molecule has 15 heavy (non-hydrogen) atoms. The van der Waals surface area contributed by atoms with E-state index in [1.165, 1.54) is 30.4 Å². The summed E-state index contributed by atoms with van der Waals surface area (Å²) in [7, 11) is 0. The van der Waals surface area contributed by atoms with Crippen LogP contribution in [0.15, 0.2) is 18.5 Å². The van der Waals surface area contributed by atoms with Crippen molar-refractivity contribution in [1.82, 2.24) is 10.3 Å². The molecule has 2 heteroatoms. The second-order valence-corrected chi connectivity index (χ2v) is 4.66. The smallest absolute Gasteiger partial charge is 0.0338 e. The maximum atomic E-state index is 4.26. The minimum absolute atomic E-state index is 0.532. The van der Waals surface area contributed by atoms with Gasteiger partial charge in [-0.1, -0.05) is 20.3 Å². The van der Waals surface area contributed by atoms with Gasteiger partial charge < -0.3 is 5.32 Å². The lowest BCUT2D eigenvalue weighted by molar-refractivity contribution is 0.408. The Morgan fingerprint density at radius 1 is 1.40 bits per heavy atom. The van der Waals surface area contributed by atoms with E-state index < -0.39 is 0 Å². The van der Waals surface area contributed by atoms with E-state index in [1.54, 1.807) is 0 Å². The molecule has 0 spiro atoms. The number of aromatic nitrogens is 1. The zero-order chi connectivity index (χ0) is 10.7. The van der Waals surface area contributed by atoms with Crippen molar-refractivity contribution in [3.05, 3.63) is 29.6 Å². The third-order valence-electron chi connectivity index (χ3n) is 3.19. The first-order valence-electron chi connectivity index (χ1n) is 5.96. The third-order valence-corrected chi connectivity index (χ3v) is 3.19. The highest BCUT2D eigenvalue weighted by atomic mass is 14.9. The van der Waals surface area contributed by atoms with Crippen LogP contribution in [0.1, 0.15) is 56.2 Å². The molecule has 0 aromatic carbocycles. The molecule has 0 bridgehead atoms. The Morgan fingerprint density at radius 3 is 2.93 bits per heavy atom. The average molecular weight is 204 g/mol. The summed E-state index contributed by atoms with van der Waals surface area (Å²) >= 11 is 0. The van der Waals surface area contributed by atoms with Gasteiger partial charge in [-0.3, -0.25) is 4.98 Å². The van der Waals surface area contributed by atoms with E-state index in [-0.39, 0.29) is 0 Å². The van der Waals surface area contributed by atoms with Gasteiger partial charge in [-0.15, -0.1) is 0 Å². The molecule has 1 aliphatic rings. The van der Waals surface area contributed by atoms with Crippen molar-refractivity contribution in [2.75, 3.05) is 6.54 Å². The van der Waals surface area contributed by atoms with Gasteiger partial charge in [-0.25, -0.2) is 0 Å². The summed E-state index contributed by atoms with van der Waals surface area (Å²) in [5.74, 6) is 0.590. The zero-order valence-corrected chi connectivity index (χ0v) is 9.66. The molecule has 0 saturated carbocycles. The fourth-order valence-electron chi connectivity index (χ4n) is 2.35. The van der Waals surface area contributed by atoms with E-state index in [2.05, 4.69) is 30.2 Å². The second kappa shape index (κ2) is 4.75. The number of nitrogens with zero attached hydrogens (tertiary/aromatic N) is 1. The maximum absolute atomic E-state index is 4.26. The molecule has 1 aromatic rings. The lowest BCUT2D eigenvalue weighted by Gasteiger charge is -2.26. The van der Waals surface area contributed by atoms with Crippen LogP contribution in [0.3, 0.4) is 0 Å². The van der Waals surface area contributed by atoms with Gasteiger partial charge in [-0.05, 0) is 42.5 Å². The van der Waals surface area contributed by atoms with Gasteiger partial charge in [0.05, 0.1) is 0 Å². The number of piperidine rings is 1. The van der Waals surface area contributed by atoms with Crippen LogP contribution in [0.25, 0.3) is 0 Å². The Balaban J connectivity index is 2.25. The van der Waals surface area contributed by atoms with Gasteiger partial charge in [0.15, 0.2) is 0 Å². The number of pyridine rings is 1. The molecule has 0 aliphatic carbocycles. The number of hydrogen-bond donors (Lipinski definition) is 1. The van der Waals surface area contributed by atoms with Gasteiger partial charge in [0.2, 0.25) is 0 Å². The molecule has 82 valence electrons. The number of nitrogens with one attached hydrogen (secondary N) is 1. The van der Waals surface area contributed by atoms with Crippen LogP contribution in [0.4, 0.5) is 0 Å². The SMILES string of the molecule is CC(C)c1ccncc1C1CCCCN1. The number of hydrogen-bond acceptors (Lipinski definition) is 2. The molecular formula is C13H20N2. The highest BCUT2D eigenvalue weighted by Gasteiger charge is 2.18. The average Bonchev–Trinajstić information content (AvgIpc) is 2.30. The normalized spacial score (nSPS) is 21.9. The van der Waals surface area contributed by atoms with Gasteiger partial charge in [0.25, 0.3) is 0 Å². The lowest BCUT2D eigenvalue weighted by Crippen LogP contribution is -2.27. The van der Waals surface area contributed by atoms with E-state index >= 15 is 0 Å². The highest BCUT2D eigenvalue weighted by molar-refractivity contribution is 5.29. The molecule has 2 heterocycles. The Bertz CT molecular complexity index is 314. The van der Waals surface area contributed by atoms with Gasteiger partial charge in [0, 0.05) is 18.4 Å². The third kappa shape index (κ3) is 2.37. The Morgan fingerprint density at radius 2 is 2.27 bits per heavy atom. The standard InChI is InChI=1S/C13H20N2/c1-10(2)11-6-8-14-9-12(11)13-5-3-4-7-15-13/h6,8-10,13,15H,3-5,7H2,1-2H3. The summed E-state index contributed by atoms with van der Waals surface area (Å²) in [6.07, 6.45) is 7.85. The largest absolute Gasteiger partial charge is 0.310 e. The lowest BCUT2D eigenvalue weighted by atomic mass is 9.90. The van der Waals surface area contributed by atoms with Crippen LogP contribution < -0.4 is 5.32 Å². The molecule has 1 aromatic heterocycles. The first-order valence-corrected chi connectivity index (χ1v) is 5.96. The van der Waals surface area contributed by atoms with E-state index in [4.69, 9.17) is 0 Å². The summed E-state index contributed by atoms with van der Waals surface area (Å²) in [6.45, 7) is 5.65. The molecule has 1 N–H and O–H groups in total. The van der Waals surface area contributed by atoms with Crippen LogP contribution in [-0.4, -0.2) is 11.5 Å². The summed E-state index contributed by atoms with van der Waals surface area (Å²) in [5.41, 5.74) is 2.86. The van der Waals surface area contributed by atoms with E-state index in [0.29, 0.717) is 12.0 Å². The summed E-state index contributed by atoms with van der Waals surface area (Å²) in [6, 6.07) is 2.70. The van der Waals surface area contributed by atoms with Crippen LogP contribution in [0.2, 0.25) is 0 Å². The summed E-state index contributed by atoms with van der Waals surface area (Å²) < 4.78 is 0. The van der Waals surface area contributed by atoms with E-state index in [0.717, 1.165) is 6.54 Å². The van der Waals surface area contributed by atoms with E-state index in [1.807, 2.05) is 12.4 Å². The Hall–Kier alpha value is -0.890. The van der Waals surface area contributed by atoms with Gasteiger partial charge in [-0.2, -0.15) is 0 Å². The molecule has 1 atom stereocenters. The second-order valence-electron chi connectivity index (χ2n) is 4.66. The van der Waals surface area contributed by atoms with E-state index in [9.17, 15) is 0 Å². The van der Waals surface area contributed by atoms with Crippen molar-refractivity contribution < 1.29 is 0 Å². The fourth-order valence-corrected chi connectivity index (χ4v) is 2.35. The topological polar surface area (TPSA) is 24.9 Å². The quantitative estimate of drug-likeness (QED) is 0.801. The maximum Gasteiger partial charge on any atom is 0.0338 e. The number of rotatable bonds is 2. The van der Waals surface area contributed by atoms with Crippen molar-refractivity contribution in [2.24, 2.45) is 0 Å². The van der Waals surface area contributed by atoms with Crippen LogP contribution in [0, 0.1) is 0 Å². The Kier molecular flexibility index (Phi) is 3.37. The van der Waals surface area contributed by atoms with Gasteiger partial charge >= 0.3 is 0 Å². The first kappa shape index (κ1) is 10.6. The zero-order valence-electron chi connectivity index (χ0n) is 9.66. The molecule has 1 saturated heterocycles. The molecule has 2 nitrogen and oxygen atoms in total. The van der Waals surface area contributed by atoms with Crippen LogP contribution in [-0.2, 0) is 0 Å². The highest BCUT2D eigenvalue weighted by Crippen LogP contribution is 2.28. The molecular weight excluding hydrogens is 184 g/mol. The van der Waals surface area contributed by atoms with Crippen molar-refractivity contribution in [1.29, 1.82) is 0 Å². The monoisotopic (exact) mass is 204 g/mol. The molecule has 0 amide bonds. The van der Waals surface area contributed by atoms with Gasteiger partial charge in [0.1, 0.15) is 0 Å². The summed E-state index contributed by atoms with van der Waals surface area (Å²) in [5, 5.41) is 3.59. The Labute approximate surface area is 92.1 Å². The van der Waals surface area contributed by atoms with Crippen molar-refractivity contribution in [3.63, 3.8) is 0 Å². The fraction of sp³-hybridized carbons (Fsp3) is 0.615. The first-order chi connectivity index (χ1) is 7.29. The molecule has 2 rings (SSSR count). The van der Waals surface area contributed by atoms with Crippen molar-refractivity contribution in [2.45, 2.75) is 45.1 Å². The molecule has 1 aliphatic heterocycles. The van der Waals surface area contributed by atoms with Crippen LogP contribution >= 0.6 is 0 Å². The predicted octanol–water partition coefficient (Wildman–Crippen LogP) is 3.02. The minimum Gasteiger partial charge on any atom is -0.310 e. The van der Waals surface area contributed by atoms with Crippen LogP contribution in [0.5, 0.6) is 0 Å². The predicted molar refractivity (Wildman–Crippen MR) is 62.9 cm³/mol. The van der Waals surface area contributed by atoms with Crippen molar-refractivity contribution in [3.8, 4) is 0 Å². The summed E-state index contributed by atoms with van der Waals surface area (Å²) in [4.78, 5) is 4.26. The van der Waals surface area contributed by atoms with Crippen molar-refractivity contribution >= 4 is 0 Å². The molecule has 1 fully saturated rings.